The molecule has 0 amide bonds. The second-order valence-corrected chi connectivity index (χ2v) is 15.0. The van der Waals surface area contributed by atoms with E-state index in [2.05, 4.69) is 173 Å². The van der Waals surface area contributed by atoms with Crippen LogP contribution in [-0.2, 0) is 11.8 Å². The van der Waals surface area contributed by atoms with Gasteiger partial charge in [0.15, 0.2) is 0 Å². The average molecular weight is 675 g/mol. The zero-order valence-corrected chi connectivity index (χ0v) is 30.4. The highest BCUT2D eigenvalue weighted by Gasteiger charge is 2.29. The van der Waals surface area contributed by atoms with Gasteiger partial charge in [0.05, 0.1) is 0 Å². The summed E-state index contributed by atoms with van der Waals surface area (Å²) in [6, 6.07) is 30.9. The third-order valence-electron chi connectivity index (χ3n) is 10.9. The van der Waals surface area contributed by atoms with Gasteiger partial charge >= 0.3 is 0 Å². The summed E-state index contributed by atoms with van der Waals surface area (Å²) in [6.45, 7) is 13.8. The molecule has 52 heavy (non-hydrogen) atoms. The first-order chi connectivity index (χ1) is 25.4. The van der Waals surface area contributed by atoms with Gasteiger partial charge in [-0.1, -0.05) is 161 Å². The van der Waals surface area contributed by atoms with Gasteiger partial charge in [-0.3, -0.25) is 0 Å². The molecule has 3 aliphatic carbocycles. The van der Waals surface area contributed by atoms with E-state index in [1.54, 1.807) is 0 Å². The fourth-order valence-corrected chi connectivity index (χ4v) is 8.23. The number of furan rings is 1. The highest BCUT2D eigenvalue weighted by molar-refractivity contribution is 6.08. The number of allylic oxidation sites excluding steroid dienone is 13. The summed E-state index contributed by atoms with van der Waals surface area (Å²) in [7, 11) is 0. The summed E-state index contributed by atoms with van der Waals surface area (Å²) in [4.78, 5) is 0. The van der Waals surface area contributed by atoms with Crippen molar-refractivity contribution in [2.24, 2.45) is 0 Å². The number of para-hydroxylation sites is 1. The molecule has 1 heterocycles. The molecule has 5 aromatic rings. The lowest BCUT2D eigenvalue weighted by Crippen LogP contribution is -2.30. The quantitative estimate of drug-likeness (QED) is 0.169. The maximum Gasteiger partial charge on any atom is 0.142 e. The predicted molar refractivity (Wildman–Crippen MR) is 222 cm³/mol. The van der Waals surface area contributed by atoms with Gasteiger partial charge in [-0.05, 0) is 117 Å². The first-order valence-electron chi connectivity index (χ1n) is 18.7. The molecular formula is C51H46O. The van der Waals surface area contributed by atoms with Gasteiger partial charge in [-0.15, -0.1) is 0 Å². The topological polar surface area (TPSA) is 13.1 Å². The smallest absolute Gasteiger partial charge is 0.142 e. The van der Waals surface area contributed by atoms with E-state index in [4.69, 9.17) is 4.42 Å². The van der Waals surface area contributed by atoms with Crippen molar-refractivity contribution < 1.29 is 4.42 Å². The molecular weight excluding hydrogens is 629 g/mol. The van der Waals surface area contributed by atoms with Crippen LogP contribution in [0.15, 0.2) is 179 Å². The largest absolute Gasteiger partial charge is 0.455 e. The Bertz CT molecular complexity index is 2560. The molecule has 8 rings (SSSR count). The first-order valence-corrected chi connectivity index (χ1v) is 18.7. The van der Waals surface area contributed by atoms with Gasteiger partial charge in [0, 0.05) is 16.3 Å². The minimum absolute atomic E-state index is 0.120. The number of benzene rings is 4. The fourth-order valence-electron chi connectivity index (χ4n) is 8.23. The molecule has 1 heteroatoms. The van der Waals surface area contributed by atoms with Crippen molar-refractivity contribution in [3.63, 3.8) is 0 Å². The molecule has 0 saturated carbocycles. The van der Waals surface area contributed by atoms with Crippen molar-refractivity contribution in [1.82, 2.24) is 0 Å². The molecule has 4 aromatic carbocycles. The van der Waals surface area contributed by atoms with Crippen LogP contribution in [0.1, 0.15) is 68.2 Å². The average Bonchev–Trinajstić information content (AvgIpc) is 3.56. The third-order valence-corrected chi connectivity index (χ3v) is 10.9. The normalized spacial score (nSPS) is 21.4. The van der Waals surface area contributed by atoms with Crippen molar-refractivity contribution in [1.29, 1.82) is 0 Å². The molecule has 0 unspecified atom stereocenters. The van der Waals surface area contributed by atoms with Gasteiger partial charge in [0.25, 0.3) is 0 Å². The van der Waals surface area contributed by atoms with Crippen LogP contribution in [0.25, 0.3) is 39.2 Å². The van der Waals surface area contributed by atoms with Crippen LogP contribution in [0.5, 0.6) is 0 Å². The van der Waals surface area contributed by atoms with Crippen molar-refractivity contribution in [2.75, 3.05) is 0 Å². The molecule has 0 saturated heterocycles. The molecule has 0 aliphatic heterocycles. The number of hydrogen-bond acceptors (Lipinski definition) is 1. The molecule has 0 N–H and O–H groups in total. The summed E-state index contributed by atoms with van der Waals surface area (Å²) in [5.74, 6) is 0. The van der Waals surface area contributed by atoms with E-state index in [1.165, 1.54) is 49.4 Å². The Balaban J connectivity index is 1.40. The summed E-state index contributed by atoms with van der Waals surface area (Å²) in [6.07, 6.45) is 28.3. The van der Waals surface area contributed by atoms with Crippen molar-refractivity contribution in [3.05, 3.63) is 208 Å². The van der Waals surface area contributed by atoms with Crippen molar-refractivity contribution in [3.8, 4) is 0 Å². The monoisotopic (exact) mass is 674 g/mol. The molecule has 0 atom stereocenters. The predicted octanol–water partition coefficient (Wildman–Crippen LogP) is 12.1. The third kappa shape index (κ3) is 6.48. The second-order valence-electron chi connectivity index (χ2n) is 15.0. The van der Waals surface area contributed by atoms with E-state index in [-0.39, 0.29) is 5.41 Å². The Kier molecular flexibility index (Phi) is 9.12. The zero-order chi connectivity index (χ0) is 35.7. The number of fused-ring (bicyclic) bond motifs is 7. The van der Waals surface area contributed by atoms with Gasteiger partial charge in [0.2, 0.25) is 0 Å². The van der Waals surface area contributed by atoms with E-state index < -0.39 is 0 Å². The van der Waals surface area contributed by atoms with Crippen LogP contribution in [0, 0.1) is 0 Å². The molecule has 0 bridgehead atoms. The van der Waals surface area contributed by atoms with E-state index in [9.17, 15) is 0 Å². The highest BCUT2D eigenvalue weighted by atomic mass is 16.3. The van der Waals surface area contributed by atoms with Gasteiger partial charge in [-0.2, -0.15) is 0 Å². The number of rotatable bonds is 5. The van der Waals surface area contributed by atoms with Crippen LogP contribution in [0.4, 0.5) is 0 Å². The van der Waals surface area contributed by atoms with Crippen molar-refractivity contribution in [2.45, 2.75) is 57.8 Å². The lowest BCUT2D eigenvalue weighted by molar-refractivity contribution is 0.523. The van der Waals surface area contributed by atoms with Crippen LogP contribution >= 0.6 is 0 Å². The molecule has 1 nitrogen and oxygen atoms in total. The summed E-state index contributed by atoms with van der Waals surface area (Å²) >= 11 is 0. The summed E-state index contributed by atoms with van der Waals surface area (Å²) in [5, 5.41) is 4.71. The van der Waals surface area contributed by atoms with Crippen LogP contribution in [0.3, 0.4) is 0 Å². The van der Waals surface area contributed by atoms with Crippen molar-refractivity contribution >= 4 is 39.2 Å². The summed E-state index contributed by atoms with van der Waals surface area (Å²) < 4.78 is 6.73. The SMILES string of the molecule is C=C(/C=C\C(=C)C1=c2/cccc/c2=C(\C2=C/c3c(ccc4c3oc3ccccc34)Cc3ccccc3C(C)(C)C2)/C=C/CC/C=C/1)C1=CC=CCC1. The molecule has 256 valence electrons. The fraction of sp³-hybridized carbons (Fsp3) is 0.176. The Morgan fingerprint density at radius 2 is 1.46 bits per heavy atom. The minimum atomic E-state index is -0.120. The maximum absolute atomic E-state index is 6.73. The molecule has 3 aliphatic rings. The van der Waals surface area contributed by atoms with Gasteiger partial charge in [0.1, 0.15) is 11.2 Å². The van der Waals surface area contributed by atoms with E-state index >= 15 is 0 Å². The minimum Gasteiger partial charge on any atom is -0.455 e. The lowest BCUT2D eigenvalue weighted by Gasteiger charge is -2.29. The van der Waals surface area contributed by atoms with Crippen LogP contribution in [0.2, 0.25) is 0 Å². The van der Waals surface area contributed by atoms with Gasteiger partial charge in [-0.25, -0.2) is 0 Å². The molecule has 0 fully saturated rings. The van der Waals surface area contributed by atoms with Gasteiger partial charge < -0.3 is 4.42 Å². The standard InChI is InChI=1S/C51H46O/c1-35(37-18-8-7-9-19-37)28-29-36(2)41-21-10-5-6-11-22-42(44-24-14-13-23-43(41)44)40-33-47-38(32-39-20-12-16-26-48(39)51(3,4)34-40)30-31-46-45-25-15-17-27-49(45)52-50(46)47/h7-8,10-18,20-31,33H,1-2,5-6,9,19,32,34H2,3-4H3/b21-10+,22-11+,29-28-,40-33-,43-41+,44-42+. The lowest BCUT2D eigenvalue weighted by atomic mass is 9.75. The Morgan fingerprint density at radius 1 is 0.712 bits per heavy atom. The Morgan fingerprint density at radius 3 is 2.31 bits per heavy atom. The highest BCUT2D eigenvalue weighted by Crippen LogP contribution is 2.42. The maximum atomic E-state index is 6.73. The molecule has 1 aromatic heterocycles. The number of hydrogen-bond donors (Lipinski definition) is 0. The molecule has 0 radical (unpaired) electrons. The summed E-state index contributed by atoms with van der Waals surface area (Å²) in [5.41, 5.74) is 14.0. The Labute approximate surface area is 308 Å². The van der Waals surface area contributed by atoms with Crippen LogP contribution < -0.4 is 10.4 Å². The van der Waals surface area contributed by atoms with E-state index in [0.29, 0.717) is 0 Å². The first kappa shape index (κ1) is 33.5. The van der Waals surface area contributed by atoms with Crippen LogP contribution in [-0.4, -0.2) is 0 Å². The van der Waals surface area contributed by atoms with E-state index in [0.717, 1.165) is 77.2 Å². The molecule has 0 spiro atoms. The second kappa shape index (κ2) is 14.2. The van der Waals surface area contributed by atoms with E-state index in [1.807, 2.05) is 0 Å². The zero-order valence-electron chi connectivity index (χ0n) is 30.4. The Hall–Kier alpha value is -5.66.